The molecule has 1 rings (SSSR count). The summed E-state index contributed by atoms with van der Waals surface area (Å²) in [6.45, 7) is 4.78. The minimum Gasteiger partial charge on any atom is -0.330 e. The molecule has 0 spiro atoms. The molecule has 0 aliphatic carbocycles. The van der Waals surface area contributed by atoms with Crippen LogP contribution in [0.25, 0.3) is 0 Å². The standard InChI is InChI=1S/C13H21FN2O2S/c1-3-8-16(9-4-7-15)19(17,18)13-10-12(14)6-5-11(13)2/h5-6,10H,3-4,7-9,15H2,1-2H3. The van der Waals surface area contributed by atoms with E-state index in [9.17, 15) is 12.8 Å². The van der Waals surface area contributed by atoms with Gasteiger partial charge in [0.1, 0.15) is 5.82 Å². The Kier molecular flexibility index (Phi) is 5.90. The summed E-state index contributed by atoms with van der Waals surface area (Å²) in [5.41, 5.74) is 5.98. The van der Waals surface area contributed by atoms with Crippen LogP contribution in [0.15, 0.2) is 23.1 Å². The van der Waals surface area contributed by atoms with Crippen LogP contribution in [-0.4, -0.2) is 32.4 Å². The van der Waals surface area contributed by atoms with Gasteiger partial charge in [0.05, 0.1) is 4.90 Å². The second kappa shape index (κ2) is 6.98. The molecule has 19 heavy (non-hydrogen) atoms. The van der Waals surface area contributed by atoms with Crippen LogP contribution in [-0.2, 0) is 10.0 Å². The Balaban J connectivity index is 3.14. The molecule has 1 aromatic carbocycles. The van der Waals surface area contributed by atoms with Crippen molar-refractivity contribution in [1.29, 1.82) is 0 Å². The summed E-state index contributed by atoms with van der Waals surface area (Å²) in [5.74, 6) is -0.542. The SMILES string of the molecule is CCCN(CCCN)S(=O)(=O)c1cc(F)ccc1C. The van der Waals surface area contributed by atoms with E-state index in [-0.39, 0.29) is 4.90 Å². The average molecular weight is 288 g/mol. The van der Waals surface area contributed by atoms with Crippen molar-refractivity contribution < 1.29 is 12.8 Å². The van der Waals surface area contributed by atoms with E-state index in [1.54, 1.807) is 6.92 Å². The number of nitrogens with zero attached hydrogens (tertiary/aromatic N) is 1. The first-order chi connectivity index (χ1) is 8.93. The molecule has 0 radical (unpaired) electrons. The maximum atomic E-state index is 13.3. The van der Waals surface area contributed by atoms with Gasteiger partial charge in [-0.2, -0.15) is 4.31 Å². The van der Waals surface area contributed by atoms with E-state index >= 15 is 0 Å². The van der Waals surface area contributed by atoms with Crippen molar-refractivity contribution in [1.82, 2.24) is 4.31 Å². The fourth-order valence-electron chi connectivity index (χ4n) is 1.86. The Hall–Kier alpha value is -0.980. The van der Waals surface area contributed by atoms with E-state index in [2.05, 4.69) is 0 Å². The van der Waals surface area contributed by atoms with Crippen molar-refractivity contribution >= 4 is 10.0 Å². The zero-order chi connectivity index (χ0) is 14.5. The third kappa shape index (κ3) is 3.99. The molecule has 4 nitrogen and oxygen atoms in total. The third-order valence-corrected chi connectivity index (χ3v) is 4.89. The molecule has 0 amide bonds. The fraction of sp³-hybridized carbons (Fsp3) is 0.538. The average Bonchev–Trinajstić information content (AvgIpc) is 2.37. The fourth-order valence-corrected chi connectivity index (χ4v) is 3.67. The minimum absolute atomic E-state index is 0.0398. The van der Waals surface area contributed by atoms with Gasteiger partial charge in [0.15, 0.2) is 0 Å². The van der Waals surface area contributed by atoms with E-state index in [1.165, 1.54) is 16.4 Å². The number of aryl methyl sites for hydroxylation is 1. The van der Waals surface area contributed by atoms with Gasteiger partial charge in [-0.1, -0.05) is 13.0 Å². The normalized spacial score (nSPS) is 12.1. The number of hydrogen-bond acceptors (Lipinski definition) is 3. The molecule has 0 heterocycles. The predicted octanol–water partition coefficient (Wildman–Crippen LogP) is 1.88. The molecule has 2 N–H and O–H groups in total. The Morgan fingerprint density at radius 3 is 2.58 bits per heavy atom. The van der Waals surface area contributed by atoms with Crippen molar-refractivity contribution in [3.8, 4) is 0 Å². The molecular formula is C13H21FN2O2S. The molecule has 0 fully saturated rings. The van der Waals surface area contributed by atoms with E-state index in [0.29, 0.717) is 38.0 Å². The van der Waals surface area contributed by atoms with Crippen molar-refractivity contribution in [2.24, 2.45) is 5.73 Å². The Bertz CT molecular complexity index is 517. The lowest BCUT2D eigenvalue weighted by Crippen LogP contribution is -2.34. The molecule has 0 atom stereocenters. The van der Waals surface area contributed by atoms with Gasteiger partial charge in [0, 0.05) is 13.1 Å². The van der Waals surface area contributed by atoms with Crippen LogP contribution in [0.1, 0.15) is 25.3 Å². The lowest BCUT2D eigenvalue weighted by Gasteiger charge is -2.22. The second-order valence-corrected chi connectivity index (χ2v) is 6.36. The van der Waals surface area contributed by atoms with Crippen LogP contribution >= 0.6 is 0 Å². The lowest BCUT2D eigenvalue weighted by molar-refractivity contribution is 0.405. The summed E-state index contributed by atoms with van der Waals surface area (Å²) in [6.07, 6.45) is 1.30. The molecule has 0 aliphatic heterocycles. The zero-order valence-electron chi connectivity index (χ0n) is 11.4. The maximum absolute atomic E-state index is 13.3. The summed E-state index contributed by atoms with van der Waals surface area (Å²) >= 11 is 0. The largest absolute Gasteiger partial charge is 0.330 e. The maximum Gasteiger partial charge on any atom is 0.243 e. The van der Waals surface area contributed by atoms with Gasteiger partial charge in [-0.3, -0.25) is 0 Å². The smallest absolute Gasteiger partial charge is 0.243 e. The summed E-state index contributed by atoms with van der Waals surface area (Å²) in [7, 11) is -3.65. The third-order valence-electron chi connectivity index (χ3n) is 2.85. The van der Waals surface area contributed by atoms with Crippen LogP contribution < -0.4 is 5.73 Å². The Labute approximate surface area is 114 Å². The van der Waals surface area contributed by atoms with Crippen molar-refractivity contribution in [2.75, 3.05) is 19.6 Å². The molecule has 0 saturated heterocycles. The van der Waals surface area contributed by atoms with Crippen LogP contribution in [0.3, 0.4) is 0 Å². The van der Waals surface area contributed by atoms with Crippen molar-refractivity contribution in [2.45, 2.75) is 31.6 Å². The van der Waals surface area contributed by atoms with Gasteiger partial charge >= 0.3 is 0 Å². The number of halogens is 1. The van der Waals surface area contributed by atoms with E-state index < -0.39 is 15.8 Å². The summed E-state index contributed by atoms with van der Waals surface area (Å²) in [4.78, 5) is 0.0398. The molecule has 0 aliphatic rings. The van der Waals surface area contributed by atoms with Crippen molar-refractivity contribution in [3.63, 3.8) is 0 Å². The lowest BCUT2D eigenvalue weighted by atomic mass is 10.2. The highest BCUT2D eigenvalue weighted by Crippen LogP contribution is 2.21. The summed E-state index contributed by atoms with van der Waals surface area (Å²) in [5, 5.41) is 0. The van der Waals surface area contributed by atoms with Crippen molar-refractivity contribution in [3.05, 3.63) is 29.6 Å². The Morgan fingerprint density at radius 1 is 1.32 bits per heavy atom. The first-order valence-electron chi connectivity index (χ1n) is 6.39. The molecular weight excluding hydrogens is 267 g/mol. The summed E-state index contributed by atoms with van der Waals surface area (Å²) < 4.78 is 39.7. The number of benzene rings is 1. The van der Waals surface area contributed by atoms with E-state index in [4.69, 9.17) is 5.73 Å². The molecule has 1 aromatic rings. The van der Waals surface area contributed by atoms with Gasteiger partial charge in [-0.05, 0) is 44.0 Å². The topological polar surface area (TPSA) is 63.4 Å². The van der Waals surface area contributed by atoms with Gasteiger partial charge in [0.2, 0.25) is 10.0 Å². The first-order valence-corrected chi connectivity index (χ1v) is 7.83. The first kappa shape index (κ1) is 16.1. The quantitative estimate of drug-likeness (QED) is 0.833. The Morgan fingerprint density at radius 2 is 2.00 bits per heavy atom. The highest BCUT2D eigenvalue weighted by Gasteiger charge is 2.25. The summed E-state index contributed by atoms with van der Waals surface area (Å²) in [6, 6.07) is 3.82. The second-order valence-electron chi connectivity index (χ2n) is 4.46. The van der Waals surface area contributed by atoms with E-state index in [1.807, 2.05) is 6.92 Å². The molecule has 0 unspecified atom stereocenters. The van der Waals surface area contributed by atoms with Crippen LogP contribution in [0, 0.1) is 12.7 Å². The highest BCUT2D eigenvalue weighted by atomic mass is 32.2. The van der Waals surface area contributed by atoms with Gasteiger partial charge in [-0.15, -0.1) is 0 Å². The minimum atomic E-state index is -3.65. The van der Waals surface area contributed by atoms with Gasteiger partial charge in [-0.25, -0.2) is 12.8 Å². The molecule has 0 bridgehead atoms. The van der Waals surface area contributed by atoms with Crippen LogP contribution in [0.4, 0.5) is 4.39 Å². The monoisotopic (exact) mass is 288 g/mol. The zero-order valence-corrected chi connectivity index (χ0v) is 12.2. The molecule has 0 aromatic heterocycles. The van der Waals surface area contributed by atoms with Gasteiger partial charge in [0.25, 0.3) is 0 Å². The number of hydrogen-bond donors (Lipinski definition) is 1. The van der Waals surface area contributed by atoms with E-state index in [0.717, 1.165) is 6.07 Å². The molecule has 6 heteroatoms. The number of nitrogens with two attached hydrogens (primary N) is 1. The highest BCUT2D eigenvalue weighted by molar-refractivity contribution is 7.89. The predicted molar refractivity (Wildman–Crippen MR) is 73.9 cm³/mol. The number of rotatable bonds is 7. The van der Waals surface area contributed by atoms with Crippen LogP contribution in [0.2, 0.25) is 0 Å². The molecule has 0 saturated carbocycles. The van der Waals surface area contributed by atoms with Crippen LogP contribution in [0.5, 0.6) is 0 Å². The number of sulfonamides is 1. The van der Waals surface area contributed by atoms with Gasteiger partial charge < -0.3 is 5.73 Å². The molecule has 108 valence electrons.